The molecule has 2 heterocycles. The molecule has 2 aromatic rings. The lowest BCUT2D eigenvalue weighted by atomic mass is 10.0. The molecule has 5 nitrogen and oxygen atoms in total. The largest absolute Gasteiger partial charge is 0.495 e. The predicted molar refractivity (Wildman–Crippen MR) is 114 cm³/mol. The number of ether oxygens (including phenoxy) is 1. The summed E-state index contributed by atoms with van der Waals surface area (Å²) in [5.41, 5.74) is 3.02. The first-order valence-electron chi connectivity index (χ1n) is 9.80. The van der Waals surface area contributed by atoms with Crippen molar-refractivity contribution in [2.45, 2.75) is 26.2 Å². The molecule has 0 unspecified atom stereocenters. The Balaban J connectivity index is 1.86. The van der Waals surface area contributed by atoms with Crippen LogP contribution in [0.2, 0.25) is 5.02 Å². The summed E-state index contributed by atoms with van der Waals surface area (Å²) in [6.07, 6.45) is 3.15. The van der Waals surface area contributed by atoms with Crippen molar-refractivity contribution in [3.63, 3.8) is 0 Å². The summed E-state index contributed by atoms with van der Waals surface area (Å²) in [5.74, 6) is -0.139. The van der Waals surface area contributed by atoms with E-state index >= 15 is 0 Å². The summed E-state index contributed by atoms with van der Waals surface area (Å²) >= 11 is 6.04. The molecule has 150 valence electrons. The second-order valence-electron chi connectivity index (χ2n) is 7.40. The Morgan fingerprint density at radius 1 is 0.931 bits per heavy atom. The molecule has 0 N–H and O–H groups in total. The van der Waals surface area contributed by atoms with Gasteiger partial charge in [0.2, 0.25) is 0 Å². The molecule has 0 aliphatic carbocycles. The minimum Gasteiger partial charge on any atom is -0.495 e. The van der Waals surface area contributed by atoms with Crippen LogP contribution in [0.5, 0.6) is 5.75 Å². The van der Waals surface area contributed by atoms with E-state index < -0.39 is 0 Å². The van der Waals surface area contributed by atoms with E-state index in [1.165, 1.54) is 12.0 Å². The molecule has 2 amide bonds. The van der Waals surface area contributed by atoms with Gasteiger partial charge in [-0.05, 0) is 61.6 Å². The number of imide groups is 1. The van der Waals surface area contributed by atoms with Gasteiger partial charge in [0.15, 0.2) is 0 Å². The first kappa shape index (κ1) is 19.5. The second-order valence-corrected chi connectivity index (χ2v) is 7.84. The number of amides is 2. The number of methoxy groups -OCH3 is 1. The molecule has 1 saturated heterocycles. The standard InChI is InChI=1S/C23H23ClN2O3/c1-15-6-11-19(29-2)18(14-15)26-22(27)20(16-7-9-17(24)10-8-16)21(23(26)28)25-12-4-3-5-13-25/h6-11,14H,3-5,12-13H2,1-2H3. The molecule has 4 rings (SSSR count). The number of rotatable bonds is 4. The fourth-order valence-electron chi connectivity index (χ4n) is 4.00. The summed E-state index contributed by atoms with van der Waals surface area (Å²) in [7, 11) is 1.54. The molecule has 0 atom stereocenters. The van der Waals surface area contributed by atoms with E-state index in [0.717, 1.165) is 37.9 Å². The van der Waals surface area contributed by atoms with Crippen molar-refractivity contribution < 1.29 is 14.3 Å². The zero-order chi connectivity index (χ0) is 20.5. The van der Waals surface area contributed by atoms with Crippen LogP contribution in [0, 0.1) is 6.92 Å². The van der Waals surface area contributed by atoms with E-state index in [9.17, 15) is 9.59 Å². The van der Waals surface area contributed by atoms with Gasteiger partial charge in [-0.1, -0.05) is 29.8 Å². The Kier molecular flexibility index (Phi) is 5.33. The minimum absolute atomic E-state index is 0.300. The van der Waals surface area contributed by atoms with Gasteiger partial charge >= 0.3 is 0 Å². The van der Waals surface area contributed by atoms with E-state index in [4.69, 9.17) is 16.3 Å². The van der Waals surface area contributed by atoms with Crippen molar-refractivity contribution in [1.29, 1.82) is 0 Å². The van der Waals surface area contributed by atoms with Crippen molar-refractivity contribution >= 4 is 34.7 Å². The number of hydrogen-bond acceptors (Lipinski definition) is 4. The lowest BCUT2D eigenvalue weighted by molar-refractivity contribution is -0.120. The molecular weight excluding hydrogens is 388 g/mol. The van der Waals surface area contributed by atoms with Crippen molar-refractivity contribution in [1.82, 2.24) is 4.90 Å². The fraction of sp³-hybridized carbons (Fsp3) is 0.304. The van der Waals surface area contributed by atoms with Crippen molar-refractivity contribution in [2.75, 3.05) is 25.1 Å². The van der Waals surface area contributed by atoms with Gasteiger partial charge in [0.05, 0.1) is 18.4 Å². The molecule has 2 aromatic carbocycles. The third-order valence-electron chi connectivity index (χ3n) is 5.44. The molecule has 0 saturated carbocycles. The number of aryl methyl sites for hydroxylation is 1. The normalized spacial score (nSPS) is 17.3. The molecule has 2 aliphatic rings. The highest BCUT2D eigenvalue weighted by atomic mass is 35.5. The highest BCUT2D eigenvalue weighted by Crippen LogP contribution is 2.39. The lowest BCUT2D eigenvalue weighted by Gasteiger charge is -2.29. The average molecular weight is 411 g/mol. The summed E-state index contributed by atoms with van der Waals surface area (Å²) in [4.78, 5) is 30.4. The fourth-order valence-corrected chi connectivity index (χ4v) is 4.13. The smallest absolute Gasteiger partial charge is 0.282 e. The summed E-state index contributed by atoms with van der Waals surface area (Å²) in [6, 6.07) is 12.6. The van der Waals surface area contributed by atoms with Crippen LogP contribution in [0.4, 0.5) is 5.69 Å². The quantitative estimate of drug-likeness (QED) is 0.700. The molecule has 0 radical (unpaired) electrons. The van der Waals surface area contributed by atoms with Crippen LogP contribution in [-0.4, -0.2) is 36.9 Å². The van der Waals surface area contributed by atoms with E-state index in [1.54, 1.807) is 30.3 Å². The molecule has 0 aromatic heterocycles. The number of nitrogens with zero attached hydrogens (tertiary/aromatic N) is 2. The highest BCUT2D eigenvalue weighted by molar-refractivity contribution is 6.45. The lowest BCUT2D eigenvalue weighted by Crippen LogP contribution is -2.37. The number of halogens is 1. The highest BCUT2D eigenvalue weighted by Gasteiger charge is 2.43. The molecular formula is C23H23ClN2O3. The van der Waals surface area contributed by atoms with Gasteiger partial charge in [-0.2, -0.15) is 0 Å². The van der Waals surface area contributed by atoms with Gasteiger partial charge in [-0.3, -0.25) is 9.59 Å². The van der Waals surface area contributed by atoms with Gasteiger partial charge in [-0.25, -0.2) is 4.90 Å². The number of benzene rings is 2. The van der Waals surface area contributed by atoms with Gasteiger partial charge in [0, 0.05) is 18.1 Å². The monoisotopic (exact) mass is 410 g/mol. The Hall–Kier alpha value is -2.79. The second kappa shape index (κ2) is 7.91. The van der Waals surface area contributed by atoms with E-state index in [1.807, 2.05) is 19.1 Å². The van der Waals surface area contributed by atoms with E-state index in [0.29, 0.717) is 33.3 Å². The van der Waals surface area contributed by atoms with Crippen LogP contribution >= 0.6 is 11.6 Å². The topological polar surface area (TPSA) is 49.9 Å². The Morgan fingerprint density at radius 3 is 2.28 bits per heavy atom. The maximum absolute atomic E-state index is 13.6. The maximum atomic E-state index is 13.6. The summed E-state index contributed by atoms with van der Waals surface area (Å²) in [6.45, 7) is 3.46. The first-order chi connectivity index (χ1) is 14.0. The number of carbonyl (C=O) groups excluding carboxylic acids is 2. The summed E-state index contributed by atoms with van der Waals surface area (Å²) < 4.78 is 5.45. The van der Waals surface area contributed by atoms with Crippen molar-refractivity contribution in [2.24, 2.45) is 0 Å². The first-order valence-corrected chi connectivity index (χ1v) is 10.2. The molecule has 2 aliphatic heterocycles. The van der Waals surface area contributed by atoms with Gasteiger partial charge in [0.25, 0.3) is 11.8 Å². The number of likely N-dealkylation sites (tertiary alicyclic amines) is 1. The Morgan fingerprint density at radius 2 is 1.62 bits per heavy atom. The number of hydrogen-bond donors (Lipinski definition) is 0. The van der Waals surface area contributed by atoms with Crippen molar-refractivity contribution in [3.8, 4) is 5.75 Å². The van der Waals surface area contributed by atoms with Crippen LogP contribution in [0.3, 0.4) is 0 Å². The Bertz CT molecular complexity index is 992. The molecule has 0 spiro atoms. The van der Waals surface area contributed by atoms with Crippen LogP contribution in [-0.2, 0) is 9.59 Å². The van der Waals surface area contributed by atoms with Crippen LogP contribution in [0.15, 0.2) is 48.2 Å². The average Bonchev–Trinajstić information content (AvgIpc) is 2.99. The third kappa shape index (κ3) is 3.51. The number of carbonyl (C=O) groups is 2. The van der Waals surface area contributed by atoms with Crippen LogP contribution in [0.25, 0.3) is 5.57 Å². The minimum atomic E-state index is -0.332. The predicted octanol–water partition coefficient (Wildman–Crippen LogP) is 4.43. The summed E-state index contributed by atoms with van der Waals surface area (Å²) in [5, 5.41) is 0.586. The third-order valence-corrected chi connectivity index (χ3v) is 5.69. The van der Waals surface area contributed by atoms with E-state index in [-0.39, 0.29) is 11.8 Å². The van der Waals surface area contributed by atoms with Crippen LogP contribution < -0.4 is 9.64 Å². The molecule has 1 fully saturated rings. The SMILES string of the molecule is COc1ccc(C)cc1N1C(=O)C(c2ccc(Cl)cc2)=C(N2CCCCC2)C1=O. The molecule has 6 heteroatoms. The number of piperidine rings is 1. The van der Waals surface area contributed by atoms with Gasteiger partial charge in [-0.15, -0.1) is 0 Å². The zero-order valence-corrected chi connectivity index (χ0v) is 17.3. The van der Waals surface area contributed by atoms with E-state index in [2.05, 4.69) is 4.90 Å². The van der Waals surface area contributed by atoms with Crippen LogP contribution in [0.1, 0.15) is 30.4 Å². The van der Waals surface area contributed by atoms with Crippen molar-refractivity contribution in [3.05, 3.63) is 64.3 Å². The number of anilines is 1. The Labute approximate surface area is 175 Å². The molecule has 29 heavy (non-hydrogen) atoms. The molecule has 0 bridgehead atoms. The zero-order valence-electron chi connectivity index (χ0n) is 16.6. The van der Waals surface area contributed by atoms with Gasteiger partial charge < -0.3 is 9.64 Å². The maximum Gasteiger partial charge on any atom is 0.282 e. The van der Waals surface area contributed by atoms with Gasteiger partial charge in [0.1, 0.15) is 11.4 Å².